The quantitative estimate of drug-likeness (QED) is 0.804. The summed E-state index contributed by atoms with van der Waals surface area (Å²) in [4.78, 5) is 0. The SMILES string of the molecule is CCCOc1ccc(-c2ccc(OC)c(F)c2F)c(F)c1. The molecule has 0 aromatic heterocycles. The Morgan fingerprint density at radius 2 is 1.67 bits per heavy atom. The minimum Gasteiger partial charge on any atom is -0.494 e. The third-order valence-corrected chi connectivity index (χ3v) is 2.97. The fraction of sp³-hybridized carbons (Fsp3) is 0.250. The molecule has 2 rings (SSSR count). The van der Waals surface area contributed by atoms with Crippen LogP contribution in [0, 0.1) is 17.5 Å². The predicted molar refractivity (Wildman–Crippen MR) is 74.1 cm³/mol. The predicted octanol–water partition coefficient (Wildman–Crippen LogP) is 4.57. The van der Waals surface area contributed by atoms with E-state index in [-0.39, 0.29) is 16.9 Å². The second-order valence-electron chi connectivity index (χ2n) is 4.43. The third-order valence-electron chi connectivity index (χ3n) is 2.97. The molecule has 0 fully saturated rings. The molecule has 0 radical (unpaired) electrons. The van der Waals surface area contributed by atoms with Crippen LogP contribution in [0.3, 0.4) is 0 Å². The number of benzene rings is 2. The first-order chi connectivity index (χ1) is 10.1. The molecular formula is C16H15F3O2. The van der Waals surface area contributed by atoms with Crippen molar-refractivity contribution in [3.63, 3.8) is 0 Å². The molecule has 0 bridgehead atoms. The van der Waals surface area contributed by atoms with E-state index in [1.54, 1.807) is 0 Å². The molecule has 0 aliphatic carbocycles. The van der Waals surface area contributed by atoms with Crippen LogP contribution < -0.4 is 9.47 Å². The molecule has 112 valence electrons. The molecule has 0 spiro atoms. The summed E-state index contributed by atoms with van der Waals surface area (Å²) in [5, 5.41) is 0. The van der Waals surface area contributed by atoms with Crippen LogP contribution >= 0.6 is 0 Å². The maximum atomic E-state index is 14.1. The highest BCUT2D eigenvalue weighted by Gasteiger charge is 2.17. The smallest absolute Gasteiger partial charge is 0.201 e. The van der Waals surface area contributed by atoms with Gasteiger partial charge in [-0.25, -0.2) is 8.78 Å². The van der Waals surface area contributed by atoms with Gasteiger partial charge in [0.05, 0.1) is 13.7 Å². The van der Waals surface area contributed by atoms with Gasteiger partial charge in [0, 0.05) is 17.2 Å². The number of hydrogen-bond acceptors (Lipinski definition) is 2. The van der Waals surface area contributed by atoms with E-state index in [1.807, 2.05) is 6.92 Å². The zero-order valence-electron chi connectivity index (χ0n) is 11.8. The minimum atomic E-state index is -1.14. The summed E-state index contributed by atoms with van der Waals surface area (Å²) in [6, 6.07) is 6.59. The molecule has 0 heterocycles. The lowest BCUT2D eigenvalue weighted by Crippen LogP contribution is -1.98. The highest BCUT2D eigenvalue weighted by molar-refractivity contribution is 5.66. The van der Waals surface area contributed by atoms with Gasteiger partial charge in [-0.15, -0.1) is 0 Å². The summed E-state index contributed by atoms with van der Waals surface area (Å²) in [7, 11) is 1.23. The Labute approximate surface area is 121 Å². The van der Waals surface area contributed by atoms with E-state index in [2.05, 4.69) is 4.74 Å². The molecule has 21 heavy (non-hydrogen) atoms. The Balaban J connectivity index is 2.41. The molecule has 0 atom stereocenters. The van der Waals surface area contributed by atoms with E-state index in [9.17, 15) is 13.2 Å². The monoisotopic (exact) mass is 296 g/mol. The zero-order chi connectivity index (χ0) is 15.4. The van der Waals surface area contributed by atoms with Crippen molar-refractivity contribution in [2.24, 2.45) is 0 Å². The molecule has 0 amide bonds. The molecular weight excluding hydrogens is 281 g/mol. The molecule has 0 saturated heterocycles. The van der Waals surface area contributed by atoms with Crippen LogP contribution in [-0.2, 0) is 0 Å². The summed E-state index contributed by atoms with van der Waals surface area (Å²) < 4.78 is 51.7. The molecule has 0 N–H and O–H groups in total. The Morgan fingerprint density at radius 1 is 0.952 bits per heavy atom. The topological polar surface area (TPSA) is 18.5 Å². The second-order valence-corrected chi connectivity index (χ2v) is 4.43. The van der Waals surface area contributed by atoms with Crippen LogP contribution in [0.4, 0.5) is 13.2 Å². The molecule has 2 aromatic carbocycles. The van der Waals surface area contributed by atoms with Gasteiger partial charge < -0.3 is 9.47 Å². The Kier molecular flexibility index (Phi) is 4.73. The Morgan fingerprint density at radius 3 is 2.29 bits per heavy atom. The van der Waals surface area contributed by atoms with Gasteiger partial charge in [0.2, 0.25) is 5.82 Å². The van der Waals surface area contributed by atoms with Gasteiger partial charge in [-0.05, 0) is 30.7 Å². The lowest BCUT2D eigenvalue weighted by molar-refractivity contribution is 0.316. The van der Waals surface area contributed by atoms with Crippen LogP contribution in [0.5, 0.6) is 11.5 Å². The van der Waals surface area contributed by atoms with Crippen molar-refractivity contribution in [2.45, 2.75) is 13.3 Å². The maximum Gasteiger partial charge on any atom is 0.201 e. The maximum absolute atomic E-state index is 14.1. The van der Waals surface area contributed by atoms with E-state index in [4.69, 9.17) is 4.74 Å². The average molecular weight is 296 g/mol. The summed E-state index contributed by atoms with van der Waals surface area (Å²) in [5.41, 5.74) is -0.189. The summed E-state index contributed by atoms with van der Waals surface area (Å²) in [6.07, 6.45) is 0.793. The average Bonchev–Trinajstić information content (AvgIpc) is 2.48. The van der Waals surface area contributed by atoms with Gasteiger partial charge in [-0.1, -0.05) is 6.92 Å². The molecule has 2 aromatic rings. The first-order valence-electron chi connectivity index (χ1n) is 6.53. The first-order valence-corrected chi connectivity index (χ1v) is 6.53. The number of hydrogen-bond donors (Lipinski definition) is 0. The number of halogens is 3. The number of rotatable bonds is 5. The zero-order valence-corrected chi connectivity index (χ0v) is 11.8. The highest BCUT2D eigenvalue weighted by Crippen LogP contribution is 2.32. The Bertz CT molecular complexity index is 642. The van der Waals surface area contributed by atoms with Gasteiger partial charge in [0.15, 0.2) is 11.6 Å². The standard InChI is InChI=1S/C16H15F3O2/c1-3-8-21-10-4-5-11(13(17)9-10)12-6-7-14(20-2)16(19)15(12)18/h4-7,9H,3,8H2,1-2H3. The van der Waals surface area contributed by atoms with E-state index >= 15 is 0 Å². The lowest BCUT2D eigenvalue weighted by Gasteiger charge is -2.10. The van der Waals surface area contributed by atoms with Crippen molar-refractivity contribution in [3.8, 4) is 22.6 Å². The minimum absolute atomic E-state index is 0.0297. The van der Waals surface area contributed by atoms with E-state index in [0.717, 1.165) is 12.5 Å². The van der Waals surface area contributed by atoms with Crippen LogP contribution in [0.2, 0.25) is 0 Å². The van der Waals surface area contributed by atoms with E-state index in [0.29, 0.717) is 12.4 Å². The van der Waals surface area contributed by atoms with Crippen molar-refractivity contribution in [1.29, 1.82) is 0 Å². The first kappa shape index (κ1) is 15.2. The summed E-state index contributed by atoms with van der Waals surface area (Å²) >= 11 is 0. The van der Waals surface area contributed by atoms with Crippen molar-refractivity contribution < 1.29 is 22.6 Å². The van der Waals surface area contributed by atoms with Crippen LogP contribution in [0.1, 0.15) is 13.3 Å². The molecule has 5 heteroatoms. The van der Waals surface area contributed by atoms with Crippen LogP contribution in [0.25, 0.3) is 11.1 Å². The van der Waals surface area contributed by atoms with Crippen molar-refractivity contribution in [3.05, 3.63) is 47.8 Å². The Hall–Kier alpha value is -2.17. The van der Waals surface area contributed by atoms with E-state index < -0.39 is 17.5 Å². The fourth-order valence-corrected chi connectivity index (χ4v) is 1.92. The highest BCUT2D eigenvalue weighted by atomic mass is 19.2. The van der Waals surface area contributed by atoms with Crippen molar-refractivity contribution in [1.82, 2.24) is 0 Å². The molecule has 2 nitrogen and oxygen atoms in total. The molecule has 0 aliphatic heterocycles. The van der Waals surface area contributed by atoms with Crippen LogP contribution in [0.15, 0.2) is 30.3 Å². The molecule has 0 unspecified atom stereocenters. The van der Waals surface area contributed by atoms with Gasteiger partial charge in [-0.2, -0.15) is 4.39 Å². The summed E-state index contributed by atoms with van der Waals surface area (Å²) in [5.74, 6) is -2.82. The van der Waals surface area contributed by atoms with Gasteiger partial charge in [-0.3, -0.25) is 0 Å². The van der Waals surface area contributed by atoms with E-state index in [1.165, 1.54) is 31.4 Å². The number of ether oxygens (including phenoxy) is 2. The van der Waals surface area contributed by atoms with Crippen LogP contribution in [-0.4, -0.2) is 13.7 Å². The largest absolute Gasteiger partial charge is 0.494 e. The normalized spacial score (nSPS) is 10.5. The second kappa shape index (κ2) is 6.52. The fourth-order valence-electron chi connectivity index (χ4n) is 1.92. The van der Waals surface area contributed by atoms with Gasteiger partial charge in [0.1, 0.15) is 11.6 Å². The van der Waals surface area contributed by atoms with Gasteiger partial charge in [0.25, 0.3) is 0 Å². The van der Waals surface area contributed by atoms with Gasteiger partial charge >= 0.3 is 0 Å². The molecule has 0 saturated carbocycles. The molecule has 0 aliphatic rings. The number of methoxy groups -OCH3 is 1. The van der Waals surface area contributed by atoms with Crippen molar-refractivity contribution in [2.75, 3.05) is 13.7 Å². The summed E-state index contributed by atoms with van der Waals surface area (Å²) in [6.45, 7) is 2.39. The van der Waals surface area contributed by atoms with Crippen molar-refractivity contribution >= 4 is 0 Å². The lowest BCUT2D eigenvalue weighted by atomic mass is 10.0. The third kappa shape index (κ3) is 3.12.